The number of para-hydroxylation sites is 1. The van der Waals surface area contributed by atoms with Gasteiger partial charge in [-0.15, -0.1) is 0 Å². The van der Waals surface area contributed by atoms with E-state index in [1.807, 2.05) is 19.1 Å². The smallest absolute Gasteiger partial charge is 0.329 e. The van der Waals surface area contributed by atoms with Gasteiger partial charge in [0.25, 0.3) is 5.91 Å². The average molecular weight is 533 g/mol. The predicted octanol–water partition coefficient (Wildman–Crippen LogP) is 2.09. The second-order valence-corrected chi connectivity index (χ2v) is 8.14. The van der Waals surface area contributed by atoms with Crippen LogP contribution in [-0.4, -0.2) is 68.9 Å². The van der Waals surface area contributed by atoms with E-state index < -0.39 is 11.8 Å². The fourth-order valence-electron chi connectivity index (χ4n) is 3.10. The summed E-state index contributed by atoms with van der Waals surface area (Å²) in [7, 11) is 1.47. The van der Waals surface area contributed by atoms with Crippen molar-refractivity contribution >= 4 is 45.6 Å². The SMILES string of the molecule is COc1cc(/C=N\NC(=O)C(=O)Nc2ccccc2C)cc(Br)c1OCC(=O)N1CCOCC1. The van der Waals surface area contributed by atoms with E-state index in [-0.39, 0.29) is 12.5 Å². The van der Waals surface area contributed by atoms with Crippen molar-refractivity contribution in [2.75, 3.05) is 45.3 Å². The fraction of sp³-hybridized carbons (Fsp3) is 0.304. The van der Waals surface area contributed by atoms with Crippen molar-refractivity contribution in [3.63, 3.8) is 0 Å². The number of carbonyl (C=O) groups excluding carboxylic acids is 3. The number of aryl methyl sites for hydroxylation is 1. The first-order valence-electron chi connectivity index (χ1n) is 10.4. The number of amides is 3. The Morgan fingerprint density at radius 2 is 1.91 bits per heavy atom. The van der Waals surface area contributed by atoms with Crippen LogP contribution in [0.5, 0.6) is 11.5 Å². The Hall–Kier alpha value is -3.44. The molecule has 0 aromatic heterocycles. The van der Waals surface area contributed by atoms with Crippen LogP contribution in [0, 0.1) is 6.92 Å². The Kier molecular flexibility index (Phi) is 9.00. The van der Waals surface area contributed by atoms with E-state index in [1.54, 1.807) is 29.2 Å². The van der Waals surface area contributed by atoms with Gasteiger partial charge in [0.2, 0.25) is 0 Å². The molecule has 0 atom stereocenters. The van der Waals surface area contributed by atoms with Crippen LogP contribution in [-0.2, 0) is 19.1 Å². The molecule has 2 aromatic carbocycles. The van der Waals surface area contributed by atoms with Crippen molar-refractivity contribution in [1.82, 2.24) is 10.3 Å². The van der Waals surface area contributed by atoms with Crippen molar-refractivity contribution in [2.24, 2.45) is 5.10 Å². The Labute approximate surface area is 205 Å². The van der Waals surface area contributed by atoms with Crippen LogP contribution in [0.25, 0.3) is 0 Å². The molecule has 1 saturated heterocycles. The van der Waals surface area contributed by atoms with Crippen molar-refractivity contribution in [3.05, 3.63) is 52.0 Å². The largest absolute Gasteiger partial charge is 0.493 e. The molecule has 1 aliphatic heterocycles. The average Bonchev–Trinajstić information content (AvgIpc) is 2.84. The molecule has 34 heavy (non-hydrogen) atoms. The molecule has 0 aliphatic carbocycles. The molecule has 11 heteroatoms. The molecule has 0 saturated carbocycles. The molecular formula is C23H25BrN4O6. The molecule has 0 unspecified atom stereocenters. The van der Waals surface area contributed by atoms with Gasteiger partial charge in [0.05, 0.1) is 31.0 Å². The van der Waals surface area contributed by atoms with Gasteiger partial charge in [0.15, 0.2) is 18.1 Å². The molecule has 2 aromatic rings. The summed E-state index contributed by atoms with van der Waals surface area (Å²) in [6, 6.07) is 10.4. The van der Waals surface area contributed by atoms with Gasteiger partial charge in [-0.1, -0.05) is 18.2 Å². The van der Waals surface area contributed by atoms with Crippen LogP contribution < -0.4 is 20.2 Å². The maximum atomic E-state index is 12.3. The number of hydrogen-bond acceptors (Lipinski definition) is 7. The second kappa shape index (κ2) is 12.1. The third kappa shape index (κ3) is 6.78. The number of carbonyl (C=O) groups is 3. The maximum absolute atomic E-state index is 12.3. The molecule has 1 heterocycles. The number of anilines is 1. The molecule has 3 amide bonds. The van der Waals surface area contributed by atoms with Crippen LogP contribution >= 0.6 is 15.9 Å². The van der Waals surface area contributed by atoms with Crippen LogP contribution in [0.3, 0.4) is 0 Å². The zero-order valence-electron chi connectivity index (χ0n) is 18.8. The minimum absolute atomic E-state index is 0.144. The summed E-state index contributed by atoms with van der Waals surface area (Å²) in [6.45, 7) is 3.76. The second-order valence-electron chi connectivity index (χ2n) is 7.28. The minimum Gasteiger partial charge on any atom is -0.493 e. The zero-order valence-corrected chi connectivity index (χ0v) is 20.4. The van der Waals surface area contributed by atoms with Gasteiger partial charge in [-0.05, 0) is 52.2 Å². The maximum Gasteiger partial charge on any atom is 0.329 e. The first-order valence-corrected chi connectivity index (χ1v) is 11.2. The minimum atomic E-state index is -0.910. The number of morpholine rings is 1. The number of halogens is 1. The van der Waals surface area contributed by atoms with Crippen LogP contribution in [0.1, 0.15) is 11.1 Å². The molecule has 1 fully saturated rings. The van der Waals surface area contributed by atoms with Crippen molar-refractivity contribution < 1.29 is 28.6 Å². The fourth-order valence-corrected chi connectivity index (χ4v) is 3.67. The van der Waals surface area contributed by atoms with E-state index in [0.717, 1.165) is 5.56 Å². The number of rotatable bonds is 7. The predicted molar refractivity (Wildman–Crippen MR) is 129 cm³/mol. The number of hydrogen-bond donors (Lipinski definition) is 2. The number of nitrogens with one attached hydrogen (secondary N) is 2. The first-order chi connectivity index (χ1) is 16.4. The molecule has 2 N–H and O–H groups in total. The van der Waals surface area contributed by atoms with Crippen LogP contribution in [0.15, 0.2) is 46.0 Å². The molecule has 0 bridgehead atoms. The third-order valence-corrected chi connectivity index (χ3v) is 5.52. The van der Waals surface area contributed by atoms with Gasteiger partial charge < -0.3 is 24.4 Å². The normalized spacial score (nSPS) is 13.4. The quantitative estimate of drug-likeness (QED) is 0.320. The Bertz CT molecular complexity index is 1090. The standard InChI is InChI=1S/C23H25BrN4O6/c1-15-5-3-4-6-18(15)26-22(30)23(31)27-25-13-16-11-17(24)21(19(12-16)32-2)34-14-20(29)28-7-9-33-10-8-28/h3-6,11-13H,7-10,14H2,1-2H3,(H,26,30)(H,27,31)/b25-13-. The molecule has 0 spiro atoms. The lowest BCUT2D eigenvalue weighted by Crippen LogP contribution is -2.43. The summed E-state index contributed by atoms with van der Waals surface area (Å²) in [4.78, 5) is 38.1. The zero-order chi connectivity index (χ0) is 24.5. The summed E-state index contributed by atoms with van der Waals surface area (Å²) in [5.41, 5.74) is 4.13. The number of benzene rings is 2. The Morgan fingerprint density at radius 3 is 2.62 bits per heavy atom. The lowest BCUT2D eigenvalue weighted by Gasteiger charge is -2.26. The van der Waals surface area contributed by atoms with Crippen molar-refractivity contribution in [1.29, 1.82) is 0 Å². The molecular weight excluding hydrogens is 508 g/mol. The van der Waals surface area contributed by atoms with Gasteiger partial charge in [-0.2, -0.15) is 5.10 Å². The third-order valence-electron chi connectivity index (χ3n) is 4.93. The lowest BCUT2D eigenvalue weighted by molar-refractivity contribution is -0.137. The Balaban J connectivity index is 1.58. The number of hydrazone groups is 1. The highest BCUT2D eigenvalue weighted by atomic mass is 79.9. The van der Waals surface area contributed by atoms with Gasteiger partial charge in [0.1, 0.15) is 0 Å². The topological polar surface area (TPSA) is 119 Å². The van der Waals surface area contributed by atoms with Crippen LogP contribution in [0.4, 0.5) is 5.69 Å². The lowest BCUT2D eigenvalue weighted by atomic mass is 10.2. The molecule has 180 valence electrons. The monoisotopic (exact) mass is 532 g/mol. The van der Waals surface area contributed by atoms with Gasteiger partial charge in [-0.25, -0.2) is 5.43 Å². The van der Waals surface area contributed by atoms with E-state index in [1.165, 1.54) is 13.3 Å². The summed E-state index contributed by atoms with van der Waals surface area (Å²) in [5, 5.41) is 6.37. The molecule has 10 nitrogen and oxygen atoms in total. The van der Waals surface area contributed by atoms with E-state index in [2.05, 4.69) is 31.8 Å². The Morgan fingerprint density at radius 1 is 1.18 bits per heavy atom. The van der Waals surface area contributed by atoms with E-state index >= 15 is 0 Å². The summed E-state index contributed by atoms with van der Waals surface area (Å²) >= 11 is 3.41. The van der Waals surface area contributed by atoms with Crippen molar-refractivity contribution in [3.8, 4) is 11.5 Å². The molecule has 0 radical (unpaired) electrons. The summed E-state index contributed by atoms with van der Waals surface area (Å²) < 4.78 is 16.9. The number of methoxy groups -OCH3 is 1. The highest BCUT2D eigenvalue weighted by Crippen LogP contribution is 2.36. The highest BCUT2D eigenvalue weighted by Gasteiger charge is 2.19. The van der Waals surface area contributed by atoms with Crippen molar-refractivity contribution in [2.45, 2.75) is 6.92 Å². The summed E-state index contributed by atoms with van der Waals surface area (Å²) in [5.74, 6) is -1.15. The molecule has 3 rings (SSSR count). The highest BCUT2D eigenvalue weighted by molar-refractivity contribution is 9.10. The summed E-state index contributed by atoms with van der Waals surface area (Å²) in [6.07, 6.45) is 1.36. The van der Waals surface area contributed by atoms with E-state index in [4.69, 9.17) is 14.2 Å². The van der Waals surface area contributed by atoms with Gasteiger partial charge in [-0.3, -0.25) is 14.4 Å². The number of nitrogens with zero attached hydrogens (tertiary/aromatic N) is 2. The van der Waals surface area contributed by atoms with Gasteiger partial charge in [0, 0.05) is 18.8 Å². The number of ether oxygens (including phenoxy) is 3. The first kappa shape index (κ1) is 25.2. The van der Waals surface area contributed by atoms with Gasteiger partial charge >= 0.3 is 11.8 Å². The van der Waals surface area contributed by atoms with E-state index in [9.17, 15) is 14.4 Å². The van der Waals surface area contributed by atoms with Crippen LogP contribution in [0.2, 0.25) is 0 Å². The van der Waals surface area contributed by atoms with E-state index in [0.29, 0.717) is 53.5 Å². The molecule has 1 aliphatic rings.